The number of nitrogens with zero attached hydrogens (tertiary/aromatic N) is 1. The van der Waals surface area contributed by atoms with Gasteiger partial charge in [0.2, 0.25) is 0 Å². The summed E-state index contributed by atoms with van der Waals surface area (Å²) in [4.78, 5) is 16.6. The van der Waals surface area contributed by atoms with Crippen LogP contribution < -0.4 is 0 Å². The van der Waals surface area contributed by atoms with E-state index in [0.29, 0.717) is 21.8 Å². The molecule has 3 rings (SSSR count). The second-order valence-electron chi connectivity index (χ2n) is 5.05. The standard InChI is InChI=1S/C18H14ClNO2/c1-11-6-8-15-12(10-11)7-9-16(20-15)13-4-3-5-14(19)17(13)18(21)22-2/h3-10H,1-2H3. The zero-order valence-electron chi connectivity index (χ0n) is 12.3. The molecule has 0 unspecified atom stereocenters. The van der Waals surface area contributed by atoms with Crippen LogP contribution in [0.2, 0.25) is 5.02 Å². The van der Waals surface area contributed by atoms with Gasteiger partial charge in [-0.2, -0.15) is 0 Å². The molecule has 0 aliphatic rings. The molecule has 1 heterocycles. The van der Waals surface area contributed by atoms with E-state index in [1.807, 2.05) is 37.3 Å². The van der Waals surface area contributed by atoms with Crippen molar-refractivity contribution in [2.45, 2.75) is 6.92 Å². The van der Waals surface area contributed by atoms with Crippen molar-refractivity contribution in [3.05, 3.63) is 64.7 Å². The highest BCUT2D eigenvalue weighted by atomic mass is 35.5. The van der Waals surface area contributed by atoms with E-state index in [0.717, 1.165) is 10.9 Å². The van der Waals surface area contributed by atoms with E-state index in [9.17, 15) is 4.79 Å². The van der Waals surface area contributed by atoms with E-state index >= 15 is 0 Å². The number of halogens is 1. The fourth-order valence-corrected chi connectivity index (χ4v) is 2.69. The van der Waals surface area contributed by atoms with E-state index in [4.69, 9.17) is 16.3 Å². The zero-order valence-corrected chi connectivity index (χ0v) is 13.0. The summed E-state index contributed by atoms with van der Waals surface area (Å²) in [6, 6.07) is 15.2. The van der Waals surface area contributed by atoms with Gasteiger partial charge in [0.25, 0.3) is 0 Å². The van der Waals surface area contributed by atoms with Crippen molar-refractivity contribution >= 4 is 28.5 Å². The number of carbonyl (C=O) groups excluding carboxylic acids is 1. The van der Waals surface area contributed by atoms with Gasteiger partial charge in [-0.05, 0) is 31.2 Å². The van der Waals surface area contributed by atoms with E-state index in [1.165, 1.54) is 12.7 Å². The summed E-state index contributed by atoms with van der Waals surface area (Å²) >= 11 is 6.16. The van der Waals surface area contributed by atoms with Gasteiger partial charge in [0.15, 0.2) is 0 Å². The molecule has 110 valence electrons. The van der Waals surface area contributed by atoms with Crippen molar-refractivity contribution in [1.82, 2.24) is 4.98 Å². The molecular formula is C18H14ClNO2. The molecule has 2 aromatic carbocycles. The van der Waals surface area contributed by atoms with Crippen molar-refractivity contribution in [3.63, 3.8) is 0 Å². The molecule has 0 aliphatic carbocycles. The molecule has 0 aliphatic heterocycles. The van der Waals surface area contributed by atoms with Crippen LogP contribution >= 0.6 is 11.6 Å². The minimum Gasteiger partial charge on any atom is -0.465 e. The molecule has 22 heavy (non-hydrogen) atoms. The van der Waals surface area contributed by atoms with Gasteiger partial charge in [-0.1, -0.05) is 41.4 Å². The van der Waals surface area contributed by atoms with Gasteiger partial charge in [-0.15, -0.1) is 0 Å². The number of hydrogen-bond donors (Lipinski definition) is 0. The number of rotatable bonds is 2. The minimum atomic E-state index is -0.466. The Hall–Kier alpha value is -2.39. The maximum absolute atomic E-state index is 12.0. The molecule has 4 heteroatoms. The van der Waals surface area contributed by atoms with Crippen LogP contribution in [-0.4, -0.2) is 18.1 Å². The van der Waals surface area contributed by atoms with Crippen LogP contribution in [0.1, 0.15) is 15.9 Å². The first-order valence-electron chi connectivity index (χ1n) is 6.85. The first-order valence-corrected chi connectivity index (χ1v) is 7.22. The Kier molecular flexibility index (Phi) is 3.82. The summed E-state index contributed by atoms with van der Waals surface area (Å²) in [5.74, 6) is -0.466. The molecular weight excluding hydrogens is 298 g/mol. The predicted octanol–water partition coefficient (Wildman–Crippen LogP) is 4.65. The van der Waals surface area contributed by atoms with Gasteiger partial charge >= 0.3 is 5.97 Å². The number of aryl methyl sites for hydroxylation is 1. The first-order chi connectivity index (χ1) is 10.6. The van der Waals surface area contributed by atoms with E-state index in [2.05, 4.69) is 11.1 Å². The fraction of sp³-hybridized carbons (Fsp3) is 0.111. The largest absolute Gasteiger partial charge is 0.465 e. The second-order valence-corrected chi connectivity index (χ2v) is 5.45. The number of hydrogen-bond acceptors (Lipinski definition) is 3. The average Bonchev–Trinajstić information content (AvgIpc) is 2.53. The summed E-state index contributed by atoms with van der Waals surface area (Å²) in [5, 5.41) is 1.42. The molecule has 0 saturated carbocycles. The summed E-state index contributed by atoms with van der Waals surface area (Å²) in [5.41, 5.74) is 3.76. The van der Waals surface area contributed by atoms with E-state index < -0.39 is 5.97 Å². The number of aromatic nitrogens is 1. The monoisotopic (exact) mass is 311 g/mol. The SMILES string of the molecule is COC(=O)c1c(Cl)cccc1-c1ccc2cc(C)ccc2n1. The Balaban J connectivity index is 2.21. The predicted molar refractivity (Wildman–Crippen MR) is 88.3 cm³/mol. The van der Waals surface area contributed by atoms with Crippen LogP contribution in [0.4, 0.5) is 0 Å². The van der Waals surface area contributed by atoms with E-state index in [1.54, 1.807) is 12.1 Å². The molecule has 0 bridgehead atoms. The third kappa shape index (κ3) is 2.55. The van der Waals surface area contributed by atoms with Crippen LogP contribution in [0.25, 0.3) is 22.2 Å². The topological polar surface area (TPSA) is 39.2 Å². The Morgan fingerprint density at radius 3 is 2.73 bits per heavy atom. The highest BCUT2D eigenvalue weighted by Crippen LogP contribution is 2.30. The van der Waals surface area contributed by atoms with Crippen molar-refractivity contribution in [1.29, 1.82) is 0 Å². The number of pyridine rings is 1. The number of ether oxygens (including phenoxy) is 1. The molecule has 0 N–H and O–H groups in total. The minimum absolute atomic E-state index is 0.339. The molecule has 0 spiro atoms. The Morgan fingerprint density at radius 2 is 1.95 bits per heavy atom. The molecule has 3 aromatic rings. The Labute approximate surface area is 133 Å². The summed E-state index contributed by atoms with van der Waals surface area (Å²) in [6.45, 7) is 2.04. The maximum Gasteiger partial charge on any atom is 0.340 e. The van der Waals surface area contributed by atoms with Gasteiger partial charge in [0.1, 0.15) is 0 Å². The van der Waals surface area contributed by atoms with Crippen molar-refractivity contribution in [2.75, 3.05) is 7.11 Å². The van der Waals surface area contributed by atoms with Crippen molar-refractivity contribution in [2.24, 2.45) is 0 Å². The summed E-state index contributed by atoms with van der Waals surface area (Å²) in [6.07, 6.45) is 0. The van der Waals surface area contributed by atoms with Crippen molar-refractivity contribution < 1.29 is 9.53 Å². The lowest BCUT2D eigenvalue weighted by atomic mass is 10.0. The Morgan fingerprint density at radius 1 is 1.14 bits per heavy atom. The highest BCUT2D eigenvalue weighted by molar-refractivity contribution is 6.34. The normalized spacial score (nSPS) is 10.7. The molecule has 0 atom stereocenters. The number of carbonyl (C=O) groups is 1. The van der Waals surface area contributed by atoms with Gasteiger partial charge in [-0.25, -0.2) is 9.78 Å². The number of fused-ring (bicyclic) bond motifs is 1. The number of benzene rings is 2. The smallest absolute Gasteiger partial charge is 0.340 e. The molecule has 0 amide bonds. The number of methoxy groups -OCH3 is 1. The summed E-state index contributed by atoms with van der Waals surface area (Å²) in [7, 11) is 1.34. The van der Waals surface area contributed by atoms with Gasteiger partial charge < -0.3 is 4.74 Å². The van der Waals surface area contributed by atoms with Crippen molar-refractivity contribution in [3.8, 4) is 11.3 Å². The lowest BCUT2D eigenvalue weighted by Crippen LogP contribution is -2.05. The molecule has 0 radical (unpaired) electrons. The van der Waals surface area contributed by atoms with Gasteiger partial charge in [-0.3, -0.25) is 0 Å². The lowest BCUT2D eigenvalue weighted by molar-refractivity contribution is 0.0602. The van der Waals surface area contributed by atoms with Gasteiger partial charge in [0.05, 0.1) is 28.9 Å². The highest BCUT2D eigenvalue weighted by Gasteiger charge is 2.18. The van der Waals surface area contributed by atoms with Gasteiger partial charge in [0, 0.05) is 10.9 Å². The third-order valence-electron chi connectivity index (χ3n) is 3.52. The van der Waals surface area contributed by atoms with Crippen LogP contribution in [0, 0.1) is 6.92 Å². The Bertz CT molecular complexity index is 874. The quantitative estimate of drug-likeness (QED) is 0.647. The third-order valence-corrected chi connectivity index (χ3v) is 3.84. The average molecular weight is 312 g/mol. The molecule has 0 saturated heterocycles. The maximum atomic E-state index is 12.0. The van der Waals surface area contributed by atoms with Crippen LogP contribution in [0.5, 0.6) is 0 Å². The first kappa shape index (κ1) is 14.5. The summed E-state index contributed by atoms with van der Waals surface area (Å²) < 4.78 is 4.83. The number of esters is 1. The van der Waals surface area contributed by atoms with Crippen LogP contribution in [0.3, 0.4) is 0 Å². The fourth-order valence-electron chi connectivity index (χ4n) is 2.44. The molecule has 1 aromatic heterocycles. The molecule has 0 fully saturated rings. The molecule has 3 nitrogen and oxygen atoms in total. The van der Waals surface area contributed by atoms with Crippen LogP contribution in [-0.2, 0) is 4.74 Å². The van der Waals surface area contributed by atoms with E-state index in [-0.39, 0.29) is 0 Å². The second kappa shape index (κ2) is 5.78. The zero-order chi connectivity index (χ0) is 15.7. The van der Waals surface area contributed by atoms with Crippen LogP contribution in [0.15, 0.2) is 48.5 Å². The lowest BCUT2D eigenvalue weighted by Gasteiger charge is -2.10.